The number of hydrogen-bond acceptors (Lipinski definition) is 2. The summed E-state index contributed by atoms with van der Waals surface area (Å²) in [6.45, 7) is 2.23. The molecule has 0 heterocycles. The van der Waals surface area contributed by atoms with Gasteiger partial charge < -0.3 is 10.1 Å². The van der Waals surface area contributed by atoms with Crippen LogP contribution in [0.3, 0.4) is 0 Å². The lowest BCUT2D eigenvalue weighted by Gasteiger charge is -2.09. The zero-order chi connectivity index (χ0) is 15.9. The smallest absolute Gasteiger partial charge is 0.224 e. The quantitative estimate of drug-likeness (QED) is 0.753. The highest BCUT2D eigenvalue weighted by Gasteiger charge is 2.05. The van der Waals surface area contributed by atoms with Gasteiger partial charge in [0, 0.05) is 16.6 Å². The normalized spacial score (nSPS) is 10.3. The summed E-state index contributed by atoms with van der Waals surface area (Å²) in [7, 11) is 0. The van der Waals surface area contributed by atoms with Crippen LogP contribution in [0.25, 0.3) is 0 Å². The fraction of sp³-hybridized carbons (Fsp3) is 0.235. The zero-order valence-corrected chi connectivity index (χ0v) is 13.8. The molecule has 0 fully saturated rings. The van der Waals surface area contributed by atoms with Crippen LogP contribution < -0.4 is 10.1 Å². The summed E-state index contributed by atoms with van der Waals surface area (Å²) in [5, 5.41) is 2.78. The van der Waals surface area contributed by atoms with Crippen LogP contribution in [0.4, 0.5) is 10.1 Å². The van der Waals surface area contributed by atoms with E-state index in [1.54, 1.807) is 13.0 Å². The lowest BCUT2D eigenvalue weighted by atomic mass is 10.2. The third kappa shape index (κ3) is 5.15. The number of amides is 1. The molecule has 2 aromatic rings. The van der Waals surface area contributed by atoms with E-state index in [9.17, 15) is 9.18 Å². The SMILES string of the molecule is Cc1cc(F)ccc1NC(=O)CCCOc1ccc(Br)cc1. The van der Waals surface area contributed by atoms with Crippen molar-refractivity contribution in [2.45, 2.75) is 19.8 Å². The molecule has 0 radical (unpaired) electrons. The van der Waals surface area contributed by atoms with Crippen molar-refractivity contribution in [3.05, 3.63) is 58.3 Å². The molecular formula is C17H17BrFNO2. The first-order valence-corrected chi connectivity index (χ1v) is 7.78. The number of carbonyl (C=O) groups excluding carboxylic acids is 1. The third-order valence-electron chi connectivity index (χ3n) is 3.09. The van der Waals surface area contributed by atoms with Crippen LogP contribution in [-0.2, 0) is 4.79 Å². The summed E-state index contributed by atoms with van der Waals surface area (Å²) in [5.41, 5.74) is 1.35. The van der Waals surface area contributed by atoms with Crippen LogP contribution in [0.1, 0.15) is 18.4 Å². The van der Waals surface area contributed by atoms with E-state index in [1.165, 1.54) is 12.1 Å². The summed E-state index contributed by atoms with van der Waals surface area (Å²) in [6, 6.07) is 11.8. The van der Waals surface area contributed by atoms with Crippen molar-refractivity contribution in [2.75, 3.05) is 11.9 Å². The maximum absolute atomic E-state index is 13.0. The van der Waals surface area contributed by atoms with Gasteiger partial charge in [0.05, 0.1) is 6.61 Å². The molecule has 5 heteroatoms. The van der Waals surface area contributed by atoms with Gasteiger partial charge in [-0.3, -0.25) is 4.79 Å². The number of carbonyl (C=O) groups is 1. The Labute approximate surface area is 137 Å². The molecule has 0 atom stereocenters. The van der Waals surface area contributed by atoms with Gasteiger partial charge in [-0.1, -0.05) is 15.9 Å². The molecule has 3 nitrogen and oxygen atoms in total. The fourth-order valence-electron chi connectivity index (χ4n) is 1.93. The molecule has 0 saturated heterocycles. The first-order chi connectivity index (χ1) is 10.5. The molecular weight excluding hydrogens is 349 g/mol. The molecule has 0 aliphatic heterocycles. The molecule has 0 aliphatic carbocycles. The third-order valence-corrected chi connectivity index (χ3v) is 3.62. The molecule has 0 spiro atoms. The lowest BCUT2D eigenvalue weighted by molar-refractivity contribution is -0.116. The van der Waals surface area contributed by atoms with Gasteiger partial charge in [-0.2, -0.15) is 0 Å². The Balaban J connectivity index is 1.72. The maximum Gasteiger partial charge on any atom is 0.224 e. The zero-order valence-electron chi connectivity index (χ0n) is 12.2. The standard InChI is InChI=1S/C17H17BrFNO2/c1-12-11-14(19)6-9-16(12)20-17(21)3-2-10-22-15-7-4-13(18)5-8-15/h4-9,11H,2-3,10H2,1H3,(H,20,21). The minimum Gasteiger partial charge on any atom is -0.494 e. The first-order valence-electron chi connectivity index (χ1n) is 6.99. The predicted molar refractivity (Wildman–Crippen MR) is 88.6 cm³/mol. The van der Waals surface area contributed by atoms with E-state index in [0.29, 0.717) is 30.7 Å². The molecule has 1 amide bonds. The number of ether oxygens (including phenoxy) is 1. The summed E-state index contributed by atoms with van der Waals surface area (Å²) >= 11 is 3.36. The summed E-state index contributed by atoms with van der Waals surface area (Å²) < 4.78 is 19.5. The Morgan fingerprint density at radius 3 is 2.64 bits per heavy atom. The van der Waals surface area contributed by atoms with Crippen LogP contribution in [0, 0.1) is 12.7 Å². The molecule has 22 heavy (non-hydrogen) atoms. The molecule has 0 unspecified atom stereocenters. The van der Waals surface area contributed by atoms with Crippen LogP contribution in [0.5, 0.6) is 5.75 Å². The topological polar surface area (TPSA) is 38.3 Å². The highest BCUT2D eigenvalue weighted by atomic mass is 79.9. The minimum atomic E-state index is -0.307. The van der Waals surface area contributed by atoms with Crippen molar-refractivity contribution >= 4 is 27.5 Å². The minimum absolute atomic E-state index is 0.103. The molecule has 2 aromatic carbocycles. The number of rotatable bonds is 6. The van der Waals surface area contributed by atoms with Crippen molar-refractivity contribution in [2.24, 2.45) is 0 Å². The first kappa shape index (κ1) is 16.5. The van der Waals surface area contributed by atoms with E-state index >= 15 is 0 Å². The Bertz CT molecular complexity index is 644. The molecule has 0 saturated carbocycles. The van der Waals surface area contributed by atoms with E-state index in [-0.39, 0.29) is 11.7 Å². The largest absolute Gasteiger partial charge is 0.494 e. The van der Waals surface area contributed by atoms with Crippen molar-refractivity contribution in [1.82, 2.24) is 0 Å². The van der Waals surface area contributed by atoms with Crippen molar-refractivity contribution in [3.8, 4) is 5.75 Å². The Morgan fingerprint density at radius 1 is 1.23 bits per heavy atom. The molecule has 0 aromatic heterocycles. The van der Waals surface area contributed by atoms with Gasteiger partial charge in [0.25, 0.3) is 0 Å². The van der Waals surface area contributed by atoms with E-state index in [1.807, 2.05) is 24.3 Å². The lowest BCUT2D eigenvalue weighted by Crippen LogP contribution is -2.13. The summed E-state index contributed by atoms with van der Waals surface area (Å²) in [6.07, 6.45) is 0.968. The molecule has 0 aliphatic rings. The fourth-order valence-corrected chi connectivity index (χ4v) is 2.20. The maximum atomic E-state index is 13.0. The average Bonchev–Trinajstić information content (AvgIpc) is 2.48. The Kier molecular flexibility index (Phi) is 5.95. The highest BCUT2D eigenvalue weighted by molar-refractivity contribution is 9.10. The van der Waals surface area contributed by atoms with Gasteiger partial charge in [-0.05, 0) is 61.4 Å². The van der Waals surface area contributed by atoms with Gasteiger partial charge in [-0.15, -0.1) is 0 Å². The predicted octanol–water partition coefficient (Wildman–Crippen LogP) is 4.69. The summed E-state index contributed by atoms with van der Waals surface area (Å²) in [4.78, 5) is 11.8. The number of aryl methyl sites for hydroxylation is 1. The van der Waals surface area contributed by atoms with Crippen molar-refractivity contribution < 1.29 is 13.9 Å². The van der Waals surface area contributed by atoms with Crippen molar-refractivity contribution in [3.63, 3.8) is 0 Å². The Hall–Kier alpha value is -1.88. The number of halogens is 2. The van der Waals surface area contributed by atoms with Crippen LogP contribution in [0.2, 0.25) is 0 Å². The molecule has 1 N–H and O–H groups in total. The second-order valence-corrected chi connectivity index (χ2v) is 5.83. The van der Waals surface area contributed by atoms with Crippen molar-refractivity contribution in [1.29, 1.82) is 0 Å². The molecule has 116 valence electrons. The number of anilines is 1. The van der Waals surface area contributed by atoms with E-state index < -0.39 is 0 Å². The van der Waals surface area contributed by atoms with Gasteiger partial charge in [0.1, 0.15) is 11.6 Å². The second kappa shape index (κ2) is 7.94. The Morgan fingerprint density at radius 2 is 1.95 bits per heavy atom. The van der Waals surface area contributed by atoms with Gasteiger partial charge in [0.15, 0.2) is 0 Å². The molecule has 0 bridgehead atoms. The molecule has 2 rings (SSSR count). The van der Waals surface area contributed by atoms with Crippen LogP contribution >= 0.6 is 15.9 Å². The summed E-state index contributed by atoms with van der Waals surface area (Å²) in [5.74, 6) is 0.366. The number of benzene rings is 2. The highest BCUT2D eigenvalue weighted by Crippen LogP contribution is 2.17. The van der Waals surface area contributed by atoms with E-state index in [4.69, 9.17) is 4.74 Å². The van der Waals surface area contributed by atoms with Gasteiger partial charge in [-0.25, -0.2) is 4.39 Å². The van der Waals surface area contributed by atoms with Crippen LogP contribution in [-0.4, -0.2) is 12.5 Å². The van der Waals surface area contributed by atoms with E-state index in [0.717, 1.165) is 10.2 Å². The monoisotopic (exact) mass is 365 g/mol. The van der Waals surface area contributed by atoms with E-state index in [2.05, 4.69) is 21.2 Å². The number of nitrogens with one attached hydrogen (secondary N) is 1. The van der Waals surface area contributed by atoms with Gasteiger partial charge in [0.2, 0.25) is 5.91 Å². The second-order valence-electron chi connectivity index (χ2n) is 4.91. The van der Waals surface area contributed by atoms with Crippen LogP contribution in [0.15, 0.2) is 46.9 Å². The van der Waals surface area contributed by atoms with Gasteiger partial charge >= 0.3 is 0 Å². The average molecular weight is 366 g/mol. The number of hydrogen-bond donors (Lipinski definition) is 1.